The van der Waals surface area contributed by atoms with Gasteiger partial charge in [-0.3, -0.25) is 0 Å². The van der Waals surface area contributed by atoms with Crippen LogP contribution in [0.2, 0.25) is 0 Å². The molecular weight excluding hydrogens is 214 g/mol. The lowest BCUT2D eigenvalue weighted by Gasteiger charge is -2.07. The van der Waals surface area contributed by atoms with Crippen LogP contribution in [0.5, 0.6) is 0 Å². The van der Waals surface area contributed by atoms with E-state index in [9.17, 15) is 0 Å². The molecule has 0 saturated carbocycles. The normalized spacial score (nSPS) is 9.81. The fourth-order valence-electron chi connectivity index (χ4n) is 1.43. The minimum absolute atomic E-state index is 0.756. The summed E-state index contributed by atoms with van der Waals surface area (Å²) < 4.78 is 0. The molecule has 16 heavy (non-hydrogen) atoms. The summed E-state index contributed by atoms with van der Waals surface area (Å²) >= 11 is 5.33. The van der Waals surface area contributed by atoms with Crippen LogP contribution in [0, 0.1) is 6.92 Å². The predicted molar refractivity (Wildman–Crippen MR) is 72.9 cm³/mol. The maximum Gasteiger partial charge on any atom is 0.110 e. The number of hydrogen-bond donors (Lipinski definition) is 1. The molecule has 0 aliphatic rings. The van der Waals surface area contributed by atoms with E-state index in [2.05, 4.69) is 24.4 Å². The van der Waals surface area contributed by atoms with Crippen LogP contribution in [0.1, 0.15) is 11.1 Å². The van der Waals surface area contributed by atoms with E-state index in [0.29, 0.717) is 0 Å². The van der Waals surface area contributed by atoms with E-state index in [-0.39, 0.29) is 0 Å². The second kappa shape index (κ2) is 4.90. The van der Waals surface area contributed by atoms with Crippen molar-refractivity contribution in [2.24, 2.45) is 0 Å². The van der Waals surface area contributed by atoms with Gasteiger partial charge in [0.1, 0.15) is 4.99 Å². The summed E-state index contributed by atoms with van der Waals surface area (Å²) in [6.45, 7) is 2.07. The Morgan fingerprint density at radius 1 is 0.938 bits per heavy atom. The molecule has 2 aromatic rings. The molecule has 0 saturated heterocycles. The summed E-state index contributed by atoms with van der Waals surface area (Å²) in [5, 5.41) is 3.21. The molecule has 0 aromatic heterocycles. The number of anilines is 1. The molecule has 2 aromatic carbocycles. The van der Waals surface area contributed by atoms with Gasteiger partial charge in [0.2, 0.25) is 0 Å². The third kappa shape index (κ3) is 2.67. The molecule has 80 valence electrons. The van der Waals surface area contributed by atoms with Crippen LogP contribution in [0.15, 0.2) is 54.6 Å². The fourth-order valence-corrected chi connectivity index (χ4v) is 1.68. The van der Waals surface area contributed by atoms with Gasteiger partial charge in [0, 0.05) is 11.3 Å². The van der Waals surface area contributed by atoms with E-state index in [1.165, 1.54) is 5.56 Å². The van der Waals surface area contributed by atoms with Gasteiger partial charge in [-0.1, -0.05) is 60.2 Å². The molecule has 0 heterocycles. The second-order valence-corrected chi connectivity index (χ2v) is 4.09. The summed E-state index contributed by atoms with van der Waals surface area (Å²) in [4.78, 5) is 0.756. The van der Waals surface area contributed by atoms with Crippen molar-refractivity contribution in [1.82, 2.24) is 0 Å². The first kappa shape index (κ1) is 10.8. The summed E-state index contributed by atoms with van der Waals surface area (Å²) in [6.07, 6.45) is 0. The second-order valence-electron chi connectivity index (χ2n) is 3.69. The predicted octanol–water partition coefficient (Wildman–Crippen LogP) is 3.78. The Bertz CT molecular complexity index is 474. The Kier molecular flexibility index (Phi) is 3.32. The van der Waals surface area contributed by atoms with E-state index in [4.69, 9.17) is 12.2 Å². The van der Waals surface area contributed by atoms with Gasteiger partial charge in [-0.25, -0.2) is 0 Å². The Labute approximate surface area is 101 Å². The van der Waals surface area contributed by atoms with Gasteiger partial charge in [0.15, 0.2) is 0 Å². The molecule has 0 radical (unpaired) electrons. The lowest BCUT2D eigenvalue weighted by Crippen LogP contribution is -2.10. The van der Waals surface area contributed by atoms with Gasteiger partial charge in [0.25, 0.3) is 0 Å². The number of benzene rings is 2. The van der Waals surface area contributed by atoms with Crippen molar-refractivity contribution >= 4 is 22.9 Å². The largest absolute Gasteiger partial charge is 0.346 e. The minimum Gasteiger partial charge on any atom is -0.346 e. The highest BCUT2D eigenvalue weighted by Gasteiger charge is 2.00. The molecular formula is C14H13NS. The van der Waals surface area contributed by atoms with Crippen LogP contribution in [0.3, 0.4) is 0 Å². The number of para-hydroxylation sites is 1. The fraction of sp³-hybridized carbons (Fsp3) is 0.0714. The van der Waals surface area contributed by atoms with E-state index in [1.807, 2.05) is 42.5 Å². The first-order valence-corrected chi connectivity index (χ1v) is 5.59. The smallest absolute Gasteiger partial charge is 0.110 e. The van der Waals surface area contributed by atoms with Gasteiger partial charge in [0.05, 0.1) is 0 Å². The summed E-state index contributed by atoms with van der Waals surface area (Å²) in [5.41, 5.74) is 3.31. The molecule has 2 rings (SSSR count). The van der Waals surface area contributed by atoms with Gasteiger partial charge in [-0.15, -0.1) is 0 Å². The molecule has 1 N–H and O–H groups in total. The van der Waals surface area contributed by atoms with Crippen molar-refractivity contribution < 1.29 is 0 Å². The summed E-state index contributed by atoms with van der Waals surface area (Å²) in [6, 6.07) is 18.2. The zero-order chi connectivity index (χ0) is 11.4. The van der Waals surface area contributed by atoms with Gasteiger partial charge in [-0.2, -0.15) is 0 Å². The molecule has 0 amide bonds. The highest BCUT2D eigenvalue weighted by atomic mass is 32.1. The van der Waals surface area contributed by atoms with Crippen LogP contribution in [-0.4, -0.2) is 4.99 Å². The zero-order valence-corrected chi connectivity index (χ0v) is 9.92. The zero-order valence-electron chi connectivity index (χ0n) is 9.10. The van der Waals surface area contributed by atoms with Gasteiger partial charge >= 0.3 is 0 Å². The Hall–Kier alpha value is -1.67. The summed E-state index contributed by atoms with van der Waals surface area (Å²) in [5.74, 6) is 0. The SMILES string of the molecule is Cc1ccc(C(=S)Nc2ccccc2)cc1. The van der Waals surface area contributed by atoms with Gasteiger partial charge in [-0.05, 0) is 19.1 Å². The van der Waals surface area contributed by atoms with Crippen LogP contribution in [-0.2, 0) is 0 Å². The van der Waals surface area contributed by atoms with Crippen molar-refractivity contribution in [2.75, 3.05) is 5.32 Å². The van der Waals surface area contributed by atoms with Crippen molar-refractivity contribution in [1.29, 1.82) is 0 Å². The van der Waals surface area contributed by atoms with E-state index >= 15 is 0 Å². The third-order valence-electron chi connectivity index (χ3n) is 2.35. The van der Waals surface area contributed by atoms with Gasteiger partial charge < -0.3 is 5.32 Å². The van der Waals surface area contributed by atoms with E-state index in [0.717, 1.165) is 16.2 Å². The molecule has 0 bridgehead atoms. The monoisotopic (exact) mass is 227 g/mol. The molecule has 0 fully saturated rings. The quantitative estimate of drug-likeness (QED) is 0.783. The van der Waals surface area contributed by atoms with E-state index < -0.39 is 0 Å². The molecule has 2 heteroatoms. The van der Waals surface area contributed by atoms with Crippen molar-refractivity contribution in [3.8, 4) is 0 Å². The minimum atomic E-state index is 0.756. The lowest BCUT2D eigenvalue weighted by molar-refractivity contribution is 1.46. The molecule has 0 atom stereocenters. The van der Waals surface area contributed by atoms with Crippen molar-refractivity contribution in [2.45, 2.75) is 6.92 Å². The van der Waals surface area contributed by atoms with Crippen molar-refractivity contribution in [3.05, 3.63) is 65.7 Å². The highest BCUT2D eigenvalue weighted by molar-refractivity contribution is 7.81. The maximum atomic E-state index is 5.33. The number of nitrogens with one attached hydrogen (secondary N) is 1. The lowest BCUT2D eigenvalue weighted by atomic mass is 10.1. The Morgan fingerprint density at radius 3 is 2.19 bits per heavy atom. The third-order valence-corrected chi connectivity index (χ3v) is 2.68. The van der Waals surface area contributed by atoms with Crippen LogP contribution in [0.4, 0.5) is 5.69 Å². The van der Waals surface area contributed by atoms with Crippen LogP contribution in [0.25, 0.3) is 0 Å². The molecule has 1 nitrogen and oxygen atoms in total. The van der Waals surface area contributed by atoms with Crippen LogP contribution < -0.4 is 5.32 Å². The summed E-state index contributed by atoms with van der Waals surface area (Å²) in [7, 11) is 0. The topological polar surface area (TPSA) is 12.0 Å². The molecule has 0 spiro atoms. The van der Waals surface area contributed by atoms with E-state index in [1.54, 1.807) is 0 Å². The first-order chi connectivity index (χ1) is 7.75. The average Bonchev–Trinajstić information content (AvgIpc) is 2.31. The molecule has 0 unspecified atom stereocenters. The first-order valence-electron chi connectivity index (χ1n) is 5.19. The number of rotatable bonds is 2. The average molecular weight is 227 g/mol. The highest BCUT2D eigenvalue weighted by Crippen LogP contribution is 2.10. The standard InChI is InChI=1S/C14H13NS/c1-11-7-9-12(10-8-11)14(16)15-13-5-3-2-4-6-13/h2-10H,1H3,(H,15,16). The number of aryl methyl sites for hydroxylation is 1. The Morgan fingerprint density at radius 2 is 1.56 bits per heavy atom. The van der Waals surface area contributed by atoms with Crippen molar-refractivity contribution in [3.63, 3.8) is 0 Å². The number of hydrogen-bond acceptors (Lipinski definition) is 1. The molecule has 0 aliphatic carbocycles. The van der Waals surface area contributed by atoms with Crippen LogP contribution >= 0.6 is 12.2 Å². The maximum absolute atomic E-state index is 5.33. The Balaban J connectivity index is 2.12. The number of thiocarbonyl (C=S) groups is 1. The molecule has 0 aliphatic heterocycles.